The molecule has 0 aliphatic carbocycles. The zero-order chi connectivity index (χ0) is 21.1. The molecule has 2 aliphatic rings. The van der Waals surface area contributed by atoms with Crippen LogP contribution in [0.15, 0.2) is 35.2 Å². The van der Waals surface area contributed by atoms with Crippen LogP contribution in [0.3, 0.4) is 0 Å². The van der Waals surface area contributed by atoms with Crippen molar-refractivity contribution in [2.45, 2.75) is 31.1 Å². The summed E-state index contributed by atoms with van der Waals surface area (Å²) in [5, 5.41) is 8.91. The molecule has 3 heterocycles. The van der Waals surface area contributed by atoms with Crippen LogP contribution < -0.4 is 9.80 Å². The molecule has 2 aliphatic heterocycles. The van der Waals surface area contributed by atoms with Crippen LogP contribution in [0.1, 0.15) is 30.5 Å². The second-order valence-electron chi connectivity index (χ2n) is 7.74. The summed E-state index contributed by atoms with van der Waals surface area (Å²) in [6.45, 7) is 5.88. The van der Waals surface area contributed by atoms with Crippen molar-refractivity contribution in [1.29, 1.82) is 5.26 Å². The largest absolute Gasteiger partial charge is 0.354 e. The van der Waals surface area contributed by atoms with Crippen LogP contribution in [0.25, 0.3) is 0 Å². The number of aryl methyl sites for hydroxylation is 1. The fraction of sp³-hybridized carbons (Fsp3) is 0.476. The van der Waals surface area contributed by atoms with Crippen molar-refractivity contribution < 1.29 is 8.42 Å². The first-order valence-corrected chi connectivity index (χ1v) is 11.8. The summed E-state index contributed by atoms with van der Waals surface area (Å²) in [4.78, 5) is 14.0. The number of hydrogen-bond acceptors (Lipinski definition) is 7. The lowest BCUT2D eigenvalue weighted by molar-refractivity contribution is 0.383. The Morgan fingerprint density at radius 1 is 0.900 bits per heavy atom. The van der Waals surface area contributed by atoms with Gasteiger partial charge in [0.05, 0.1) is 16.5 Å². The van der Waals surface area contributed by atoms with E-state index in [4.69, 9.17) is 10.2 Å². The van der Waals surface area contributed by atoms with Gasteiger partial charge >= 0.3 is 0 Å². The van der Waals surface area contributed by atoms with E-state index in [1.807, 2.05) is 19.1 Å². The summed E-state index contributed by atoms with van der Waals surface area (Å²) in [6, 6.07) is 10.1. The Morgan fingerprint density at radius 3 is 2.20 bits per heavy atom. The number of sulfonamides is 1. The molecule has 4 rings (SSSR count). The van der Waals surface area contributed by atoms with Crippen molar-refractivity contribution in [2.24, 2.45) is 0 Å². The van der Waals surface area contributed by atoms with Gasteiger partial charge in [-0.05, 0) is 50.5 Å². The number of piperazine rings is 1. The number of hydrogen-bond donors (Lipinski definition) is 0. The Morgan fingerprint density at radius 2 is 1.57 bits per heavy atom. The van der Waals surface area contributed by atoms with Crippen LogP contribution >= 0.6 is 0 Å². The minimum atomic E-state index is -3.57. The Labute approximate surface area is 177 Å². The second kappa shape index (κ2) is 8.58. The van der Waals surface area contributed by atoms with E-state index in [9.17, 15) is 8.42 Å². The van der Waals surface area contributed by atoms with Crippen LogP contribution in [0.5, 0.6) is 0 Å². The molecule has 0 N–H and O–H groups in total. The van der Waals surface area contributed by atoms with Gasteiger partial charge in [0.15, 0.2) is 0 Å². The Kier molecular flexibility index (Phi) is 5.88. The quantitative estimate of drug-likeness (QED) is 0.739. The second-order valence-corrected chi connectivity index (χ2v) is 9.68. The molecule has 0 bridgehead atoms. The molecular weight excluding hydrogens is 400 g/mol. The standard InChI is InChI=1S/C21H26N6O2S/c1-17-15-20(24-21(23-17)26-9-3-2-4-10-26)25-11-13-27(14-12-25)30(28,29)19-7-5-18(16-22)6-8-19/h5-8,15H,2-4,9-14H2,1H3. The molecule has 0 atom stereocenters. The summed E-state index contributed by atoms with van der Waals surface area (Å²) in [7, 11) is -3.57. The molecule has 1 aromatic heterocycles. The highest BCUT2D eigenvalue weighted by atomic mass is 32.2. The molecule has 2 aromatic rings. The Hall–Kier alpha value is -2.70. The first-order valence-electron chi connectivity index (χ1n) is 10.3. The maximum atomic E-state index is 12.9. The molecular formula is C21H26N6O2S. The maximum absolute atomic E-state index is 12.9. The van der Waals surface area contributed by atoms with Gasteiger partial charge in [0.2, 0.25) is 16.0 Å². The van der Waals surface area contributed by atoms with Crippen molar-refractivity contribution >= 4 is 21.8 Å². The van der Waals surface area contributed by atoms with Crippen LogP contribution in [0, 0.1) is 18.3 Å². The number of aromatic nitrogens is 2. The lowest BCUT2D eigenvalue weighted by atomic mass is 10.1. The smallest absolute Gasteiger partial charge is 0.243 e. The van der Waals surface area contributed by atoms with Gasteiger partial charge in [-0.25, -0.2) is 13.4 Å². The third-order valence-corrected chi connectivity index (χ3v) is 7.56. The van der Waals surface area contributed by atoms with Crippen LogP contribution in [-0.4, -0.2) is 62.0 Å². The molecule has 9 heteroatoms. The summed E-state index contributed by atoms with van der Waals surface area (Å²) in [6.07, 6.45) is 3.59. The summed E-state index contributed by atoms with van der Waals surface area (Å²) in [5.41, 5.74) is 1.37. The molecule has 0 saturated carbocycles. The van der Waals surface area contributed by atoms with Gasteiger partial charge in [0, 0.05) is 51.0 Å². The fourth-order valence-electron chi connectivity index (χ4n) is 3.94. The molecule has 8 nitrogen and oxygen atoms in total. The van der Waals surface area contributed by atoms with E-state index < -0.39 is 10.0 Å². The minimum absolute atomic E-state index is 0.222. The lowest BCUT2D eigenvalue weighted by Gasteiger charge is -2.35. The van der Waals surface area contributed by atoms with Crippen molar-refractivity contribution in [3.8, 4) is 6.07 Å². The molecule has 2 saturated heterocycles. The van der Waals surface area contributed by atoms with Crippen molar-refractivity contribution in [3.05, 3.63) is 41.6 Å². The molecule has 0 radical (unpaired) electrons. The molecule has 0 unspecified atom stereocenters. The predicted molar refractivity (Wildman–Crippen MR) is 115 cm³/mol. The lowest BCUT2D eigenvalue weighted by Crippen LogP contribution is -2.49. The zero-order valence-corrected chi connectivity index (χ0v) is 18.0. The molecule has 158 valence electrons. The number of anilines is 2. The van der Waals surface area contributed by atoms with Crippen LogP contribution in [0.4, 0.5) is 11.8 Å². The van der Waals surface area contributed by atoms with E-state index in [1.54, 1.807) is 0 Å². The van der Waals surface area contributed by atoms with E-state index in [2.05, 4.69) is 14.8 Å². The third kappa shape index (κ3) is 4.25. The van der Waals surface area contributed by atoms with E-state index in [-0.39, 0.29) is 4.90 Å². The Balaban J connectivity index is 1.46. The SMILES string of the molecule is Cc1cc(N2CCN(S(=O)(=O)c3ccc(C#N)cc3)CC2)nc(N2CCCCC2)n1. The van der Waals surface area contributed by atoms with Gasteiger partial charge in [-0.1, -0.05) is 0 Å². The highest BCUT2D eigenvalue weighted by molar-refractivity contribution is 7.89. The van der Waals surface area contributed by atoms with E-state index in [0.717, 1.165) is 30.5 Å². The van der Waals surface area contributed by atoms with Crippen LogP contribution in [-0.2, 0) is 10.0 Å². The van der Waals surface area contributed by atoms with Gasteiger partial charge in [0.25, 0.3) is 0 Å². The van der Waals surface area contributed by atoms with Gasteiger partial charge in [-0.3, -0.25) is 0 Å². The highest BCUT2D eigenvalue weighted by Crippen LogP contribution is 2.23. The molecule has 30 heavy (non-hydrogen) atoms. The van der Waals surface area contributed by atoms with Gasteiger partial charge in [-0.15, -0.1) is 0 Å². The van der Waals surface area contributed by atoms with Gasteiger partial charge in [0.1, 0.15) is 5.82 Å². The van der Waals surface area contributed by atoms with Gasteiger partial charge < -0.3 is 9.80 Å². The van der Waals surface area contributed by atoms with Crippen LogP contribution in [0.2, 0.25) is 0 Å². The van der Waals surface area contributed by atoms with Crippen molar-refractivity contribution in [1.82, 2.24) is 14.3 Å². The average molecular weight is 427 g/mol. The molecule has 1 aromatic carbocycles. The van der Waals surface area contributed by atoms with Gasteiger partial charge in [-0.2, -0.15) is 14.6 Å². The number of nitrogens with zero attached hydrogens (tertiary/aromatic N) is 6. The number of piperidine rings is 1. The first kappa shape index (κ1) is 20.6. The maximum Gasteiger partial charge on any atom is 0.243 e. The average Bonchev–Trinajstić information content (AvgIpc) is 2.79. The molecule has 2 fully saturated rings. The first-order chi connectivity index (χ1) is 14.5. The van der Waals surface area contributed by atoms with Crippen molar-refractivity contribution in [3.63, 3.8) is 0 Å². The number of nitriles is 1. The van der Waals surface area contributed by atoms with E-state index in [0.29, 0.717) is 31.7 Å². The monoisotopic (exact) mass is 426 g/mol. The minimum Gasteiger partial charge on any atom is -0.354 e. The summed E-state index contributed by atoms with van der Waals surface area (Å²) >= 11 is 0. The van der Waals surface area contributed by atoms with Crippen molar-refractivity contribution in [2.75, 3.05) is 49.1 Å². The number of benzene rings is 1. The number of rotatable bonds is 4. The summed E-state index contributed by atoms with van der Waals surface area (Å²) < 4.78 is 27.4. The zero-order valence-electron chi connectivity index (χ0n) is 17.2. The third-order valence-electron chi connectivity index (χ3n) is 5.65. The normalized spacial score (nSPS) is 18.3. The highest BCUT2D eigenvalue weighted by Gasteiger charge is 2.29. The molecule has 0 spiro atoms. The fourth-order valence-corrected chi connectivity index (χ4v) is 5.36. The van der Waals surface area contributed by atoms with E-state index in [1.165, 1.54) is 47.8 Å². The Bertz CT molecular complexity index is 1030. The summed E-state index contributed by atoms with van der Waals surface area (Å²) in [5.74, 6) is 1.64. The topological polar surface area (TPSA) is 93.4 Å². The van der Waals surface area contributed by atoms with E-state index >= 15 is 0 Å². The molecule has 0 amide bonds. The predicted octanol–water partition coefficient (Wildman–Crippen LogP) is 2.16.